The predicted octanol–water partition coefficient (Wildman–Crippen LogP) is 0.0312. The van der Waals surface area contributed by atoms with Crippen LogP contribution in [0, 0.1) is 10.1 Å². The second-order valence-electron chi connectivity index (χ2n) is 10.0. The van der Waals surface area contributed by atoms with Gasteiger partial charge in [-0.05, 0) is 32.3 Å². The number of benzene rings is 1. The molecule has 1 aliphatic rings. The summed E-state index contributed by atoms with van der Waals surface area (Å²) in [4.78, 5) is 46.6. The van der Waals surface area contributed by atoms with Crippen LogP contribution in [0.15, 0.2) is 12.1 Å². The van der Waals surface area contributed by atoms with Gasteiger partial charge < -0.3 is 49.3 Å². The van der Waals surface area contributed by atoms with E-state index >= 15 is 0 Å². The number of hydrogen-bond donors (Lipinski definition) is 4. The lowest BCUT2D eigenvalue weighted by Crippen LogP contribution is -2.58. The number of amides is 2. The van der Waals surface area contributed by atoms with Gasteiger partial charge in [-0.15, -0.1) is 0 Å². The summed E-state index contributed by atoms with van der Waals surface area (Å²) in [6, 6.07) is 2.78. The number of hydrogen-bond acceptors (Lipinski definition) is 13. The van der Waals surface area contributed by atoms with E-state index in [4.69, 9.17) is 23.7 Å². The van der Waals surface area contributed by atoms with Crippen LogP contribution in [0.3, 0.4) is 0 Å². The molecule has 1 aromatic carbocycles. The zero-order valence-corrected chi connectivity index (χ0v) is 25.4. The highest BCUT2D eigenvalue weighted by molar-refractivity contribution is 5.77. The number of aryl methyl sites for hydroxylation is 1. The normalized spacial score (nSPS) is 21.3. The number of carbonyl (C=O) groups is 3. The van der Waals surface area contributed by atoms with Crippen molar-refractivity contribution in [3.05, 3.63) is 27.8 Å². The average molecular weight is 630 g/mol. The fraction of sp³-hybridized carbons (Fsp3) is 0.679. The maximum atomic E-state index is 12.1. The van der Waals surface area contributed by atoms with E-state index < -0.39 is 47.3 Å². The zero-order chi connectivity index (χ0) is 32.6. The van der Waals surface area contributed by atoms with E-state index in [1.54, 1.807) is 6.92 Å². The molecule has 2 amide bonds. The summed E-state index contributed by atoms with van der Waals surface area (Å²) >= 11 is 0. The standard InChI is InChI=1S/C28H43N3O13/c1-17-26(35)27(36)28(41-4)22(44-17)15-42-16-24(33)30-11-10-29-23(32)8-6-12-43-21-14-19(31(37)38)18(13-20(21)39-2)7-5-9-25(34)40-3/h13-14,17,22,26-28,35-36H,5-12,15-16H2,1-4H3,(H,29,32)(H,30,33). The maximum absolute atomic E-state index is 12.1. The third-order valence-electron chi connectivity index (χ3n) is 6.90. The number of esters is 1. The van der Waals surface area contributed by atoms with Gasteiger partial charge in [-0.3, -0.25) is 24.5 Å². The number of ether oxygens (including phenoxy) is 6. The fourth-order valence-electron chi connectivity index (χ4n) is 4.54. The predicted molar refractivity (Wildman–Crippen MR) is 153 cm³/mol. The van der Waals surface area contributed by atoms with E-state index in [9.17, 15) is 34.7 Å². The van der Waals surface area contributed by atoms with Crippen LogP contribution in [-0.4, -0.2) is 118 Å². The van der Waals surface area contributed by atoms with Gasteiger partial charge >= 0.3 is 5.97 Å². The maximum Gasteiger partial charge on any atom is 0.305 e. The van der Waals surface area contributed by atoms with Crippen molar-refractivity contribution in [3.63, 3.8) is 0 Å². The molecule has 0 spiro atoms. The summed E-state index contributed by atoms with van der Waals surface area (Å²) in [6.07, 6.45) is -3.12. The average Bonchev–Trinajstić information content (AvgIpc) is 3.00. The Morgan fingerprint density at radius 3 is 2.34 bits per heavy atom. The van der Waals surface area contributed by atoms with E-state index in [1.165, 1.54) is 33.5 Å². The van der Waals surface area contributed by atoms with Gasteiger partial charge in [-0.1, -0.05) is 0 Å². The first-order valence-electron chi connectivity index (χ1n) is 14.2. The first kappa shape index (κ1) is 36.6. The molecule has 248 valence electrons. The van der Waals surface area contributed by atoms with Crippen molar-refractivity contribution < 1.29 is 57.9 Å². The first-order chi connectivity index (χ1) is 21.0. The summed E-state index contributed by atoms with van der Waals surface area (Å²) in [6.45, 7) is 1.76. The third kappa shape index (κ3) is 11.5. The molecule has 0 bridgehead atoms. The van der Waals surface area contributed by atoms with Crippen molar-refractivity contribution in [2.75, 3.05) is 54.2 Å². The lowest BCUT2D eigenvalue weighted by Gasteiger charge is -2.40. The quantitative estimate of drug-likeness (QED) is 0.0689. The lowest BCUT2D eigenvalue weighted by atomic mass is 9.96. The molecule has 44 heavy (non-hydrogen) atoms. The minimum atomic E-state index is -1.14. The lowest BCUT2D eigenvalue weighted by molar-refractivity contribution is -0.385. The Morgan fingerprint density at radius 1 is 1.00 bits per heavy atom. The highest BCUT2D eigenvalue weighted by Gasteiger charge is 2.43. The highest BCUT2D eigenvalue weighted by Crippen LogP contribution is 2.35. The highest BCUT2D eigenvalue weighted by atomic mass is 16.6. The van der Waals surface area contributed by atoms with Crippen molar-refractivity contribution in [2.45, 2.75) is 69.5 Å². The first-order valence-corrected chi connectivity index (χ1v) is 14.2. The largest absolute Gasteiger partial charge is 0.493 e. The molecule has 0 radical (unpaired) electrons. The van der Waals surface area contributed by atoms with E-state index in [-0.39, 0.29) is 69.5 Å². The van der Waals surface area contributed by atoms with Crippen LogP contribution in [0.25, 0.3) is 0 Å². The second-order valence-corrected chi connectivity index (χ2v) is 10.0. The minimum absolute atomic E-state index is 0.0285. The Balaban J connectivity index is 1.67. The number of methoxy groups -OCH3 is 3. The van der Waals surface area contributed by atoms with Gasteiger partial charge in [0.1, 0.15) is 31.0 Å². The molecule has 1 saturated heterocycles. The molecular weight excluding hydrogens is 586 g/mol. The molecule has 5 unspecified atom stereocenters. The summed E-state index contributed by atoms with van der Waals surface area (Å²) < 4.78 is 31.7. The van der Waals surface area contributed by atoms with E-state index in [0.717, 1.165) is 0 Å². The van der Waals surface area contributed by atoms with Gasteiger partial charge in [0.05, 0.1) is 44.5 Å². The van der Waals surface area contributed by atoms with Gasteiger partial charge in [0.15, 0.2) is 11.5 Å². The van der Waals surface area contributed by atoms with Crippen molar-refractivity contribution in [3.8, 4) is 11.5 Å². The molecular formula is C28H43N3O13. The number of rotatable bonds is 19. The number of aliphatic hydroxyl groups is 2. The molecule has 1 heterocycles. The van der Waals surface area contributed by atoms with Gasteiger partial charge in [0.25, 0.3) is 5.69 Å². The molecule has 0 aliphatic carbocycles. The molecule has 1 aliphatic heterocycles. The van der Waals surface area contributed by atoms with E-state index in [0.29, 0.717) is 24.2 Å². The van der Waals surface area contributed by atoms with Gasteiger partial charge in [-0.2, -0.15) is 0 Å². The fourth-order valence-corrected chi connectivity index (χ4v) is 4.54. The number of carbonyl (C=O) groups excluding carboxylic acids is 3. The topological polar surface area (TPSA) is 214 Å². The van der Waals surface area contributed by atoms with Gasteiger partial charge in [0.2, 0.25) is 11.8 Å². The Hall–Kier alpha value is -3.57. The molecule has 16 nitrogen and oxygen atoms in total. The molecule has 5 atom stereocenters. The minimum Gasteiger partial charge on any atom is -0.493 e. The van der Waals surface area contributed by atoms with Crippen LogP contribution in [0.5, 0.6) is 11.5 Å². The molecule has 2 rings (SSSR count). The van der Waals surface area contributed by atoms with Crippen LogP contribution < -0.4 is 20.1 Å². The summed E-state index contributed by atoms with van der Waals surface area (Å²) in [5, 5.41) is 36.9. The van der Waals surface area contributed by atoms with E-state index in [1.807, 2.05) is 0 Å². The number of aliphatic hydroxyl groups excluding tert-OH is 2. The Kier molecular flexibility index (Phi) is 15.8. The van der Waals surface area contributed by atoms with E-state index in [2.05, 4.69) is 15.4 Å². The Labute approximate surface area is 255 Å². The molecule has 1 aromatic rings. The second kappa shape index (κ2) is 19.0. The molecule has 16 heteroatoms. The monoisotopic (exact) mass is 629 g/mol. The van der Waals surface area contributed by atoms with Gasteiger partial charge in [0, 0.05) is 38.6 Å². The Morgan fingerprint density at radius 2 is 1.70 bits per heavy atom. The van der Waals surface area contributed by atoms with Crippen LogP contribution in [0.1, 0.15) is 38.2 Å². The smallest absolute Gasteiger partial charge is 0.305 e. The van der Waals surface area contributed by atoms with Crippen molar-refractivity contribution in [1.82, 2.24) is 10.6 Å². The van der Waals surface area contributed by atoms with Crippen LogP contribution in [0.2, 0.25) is 0 Å². The number of nitro groups is 1. The van der Waals surface area contributed by atoms with Crippen LogP contribution in [0.4, 0.5) is 5.69 Å². The van der Waals surface area contributed by atoms with Crippen LogP contribution >= 0.6 is 0 Å². The van der Waals surface area contributed by atoms with Crippen molar-refractivity contribution >= 4 is 23.5 Å². The Bertz CT molecular complexity index is 1100. The molecule has 0 saturated carbocycles. The van der Waals surface area contributed by atoms with Crippen molar-refractivity contribution in [1.29, 1.82) is 0 Å². The molecule has 0 aromatic heterocycles. The number of nitrogens with one attached hydrogen (secondary N) is 2. The molecule has 4 N–H and O–H groups in total. The summed E-state index contributed by atoms with van der Waals surface area (Å²) in [5.74, 6) is -0.626. The van der Waals surface area contributed by atoms with Gasteiger partial charge in [-0.25, -0.2) is 0 Å². The van der Waals surface area contributed by atoms with Crippen LogP contribution in [-0.2, 0) is 39.8 Å². The number of nitro benzene ring substituents is 1. The zero-order valence-electron chi connectivity index (χ0n) is 25.4. The number of nitrogens with zero attached hydrogens (tertiary/aromatic N) is 1. The summed E-state index contributed by atoms with van der Waals surface area (Å²) in [7, 11) is 4.06. The SMILES string of the molecule is COC(=O)CCCc1cc(OC)c(OCCCC(=O)NCCNC(=O)COCC2OC(C)C(O)C(O)C2OC)cc1[N+](=O)[O-]. The van der Waals surface area contributed by atoms with Crippen molar-refractivity contribution in [2.24, 2.45) is 0 Å². The third-order valence-corrected chi connectivity index (χ3v) is 6.90. The summed E-state index contributed by atoms with van der Waals surface area (Å²) in [5.41, 5.74) is 0.236. The molecule has 1 fully saturated rings.